The summed E-state index contributed by atoms with van der Waals surface area (Å²) in [5, 5.41) is 2.76. The Morgan fingerprint density at radius 1 is 1.61 bits per heavy atom. The highest BCUT2D eigenvalue weighted by molar-refractivity contribution is 9.10. The summed E-state index contributed by atoms with van der Waals surface area (Å²) in [6, 6.07) is 1.54. The third-order valence-corrected chi connectivity index (χ3v) is 2.74. The number of nitrogens with one attached hydrogen (secondary N) is 1. The molecule has 0 spiro atoms. The fraction of sp³-hybridized carbons (Fsp3) is 0.500. The lowest BCUT2D eigenvalue weighted by molar-refractivity contribution is 0.0885. The van der Waals surface area contributed by atoms with Crippen LogP contribution < -0.4 is 11.1 Å². The van der Waals surface area contributed by atoms with Crippen molar-refractivity contribution in [2.45, 2.75) is 13.8 Å². The fourth-order valence-corrected chi connectivity index (χ4v) is 1.68. The van der Waals surface area contributed by atoms with Gasteiger partial charge in [-0.3, -0.25) is 4.79 Å². The maximum absolute atomic E-state index is 11.8. The Kier molecular flexibility index (Phi) is 6.07. The molecule has 0 aliphatic carbocycles. The van der Waals surface area contributed by atoms with Gasteiger partial charge in [-0.25, -0.2) is 4.98 Å². The Labute approximate surface area is 115 Å². The highest BCUT2D eigenvalue weighted by Crippen LogP contribution is 2.16. The molecule has 1 aromatic rings. The summed E-state index contributed by atoms with van der Waals surface area (Å²) >= 11 is 3.26. The second kappa shape index (κ2) is 7.33. The molecule has 100 valence electrons. The molecular formula is C12H18BrN3O2. The second-order valence-corrected chi connectivity index (χ2v) is 5.17. The van der Waals surface area contributed by atoms with Gasteiger partial charge in [-0.05, 0) is 27.9 Å². The van der Waals surface area contributed by atoms with Crippen LogP contribution >= 0.6 is 15.9 Å². The van der Waals surface area contributed by atoms with E-state index in [1.165, 1.54) is 12.3 Å². The lowest BCUT2D eigenvalue weighted by atomic mass is 10.2. The van der Waals surface area contributed by atoms with Crippen molar-refractivity contribution in [3.05, 3.63) is 22.3 Å². The first-order valence-electron chi connectivity index (χ1n) is 5.77. The molecule has 0 fully saturated rings. The molecule has 0 saturated heterocycles. The third kappa shape index (κ3) is 5.01. The molecule has 0 radical (unpaired) electrons. The molecule has 0 bridgehead atoms. The number of nitrogens with zero attached hydrogens (tertiary/aromatic N) is 1. The van der Waals surface area contributed by atoms with E-state index in [0.29, 0.717) is 41.5 Å². The number of pyridine rings is 1. The number of nitrogen functional groups attached to an aromatic ring is 1. The van der Waals surface area contributed by atoms with E-state index >= 15 is 0 Å². The molecule has 5 nitrogen and oxygen atoms in total. The van der Waals surface area contributed by atoms with Crippen molar-refractivity contribution >= 4 is 27.7 Å². The summed E-state index contributed by atoms with van der Waals surface area (Å²) in [5.74, 6) is 0.623. The number of amides is 1. The molecule has 18 heavy (non-hydrogen) atoms. The van der Waals surface area contributed by atoms with Crippen LogP contribution in [0.5, 0.6) is 0 Å². The monoisotopic (exact) mass is 315 g/mol. The van der Waals surface area contributed by atoms with E-state index in [0.717, 1.165) is 0 Å². The first-order chi connectivity index (χ1) is 8.50. The number of hydrogen-bond donors (Lipinski definition) is 2. The van der Waals surface area contributed by atoms with Gasteiger partial charge in [0, 0.05) is 23.8 Å². The lowest BCUT2D eigenvalue weighted by Gasteiger charge is -2.09. The van der Waals surface area contributed by atoms with E-state index in [1.807, 2.05) is 0 Å². The molecule has 6 heteroatoms. The number of nitrogens with two attached hydrogens (primary N) is 1. The molecule has 1 heterocycles. The number of carbonyl (C=O) groups excluding carboxylic acids is 1. The summed E-state index contributed by atoms with van der Waals surface area (Å²) in [7, 11) is 0. The van der Waals surface area contributed by atoms with Crippen molar-refractivity contribution < 1.29 is 9.53 Å². The SMILES string of the molecule is CC(C)COCCNC(=O)c1cc(N)ncc1Br. The number of rotatable bonds is 6. The molecule has 1 rings (SSSR count). The zero-order valence-corrected chi connectivity index (χ0v) is 12.2. The van der Waals surface area contributed by atoms with Crippen molar-refractivity contribution in [2.24, 2.45) is 5.92 Å². The highest BCUT2D eigenvalue weighted by Gasteiger charge is 2.10. The quantitative estimate of drug-likeness (QED) is 0.785. The summed E-state index contributed by atoms with van der Waals surface area (Å²) in [5.41, 5.74) is 6.02. The molecular weight excluding hydrogens is 298 g/mol. The van der Waals surface area contributed by atoms with E-state index in [1.54, 1.807) is 0 Å². The topological polar surface area (TPSA) is 77.2 Å². The van der Waals surface area contributed by atoms with Gasteiger partial charge in [-0.1, -0.05) is 13.8 Å². The van der Waals surface area contributed by atoms with Gasteiger partial charge in [0.05, 0.1) is 12.2 Å². The van der Waals surface area contributed by atoms with Crippen LogP contribution in [0.3, 0.4) is 0 Å². The Morgan fingerprint density at radius 2 is 2.33 bits per heavy atom. The van der Waals surface area contributed by atoms with Crippen molar-refractivity contribution in [3.63, 3.8) is 0 Å². The number of halogens is 1. The van der Waals surface area contributed by atoms with Crippen LogP contribution in [0.1, 0.15) is 24.2 Å². The number of ether oxygens (including phenoxy) is 1. The zero-order valence-electron chi connectivity index (χ0n) is 10.6. The van der Waals surface area contributed by atoms with Gasteiger partial charge >= 0.3 is 0 Å². The highest BCUT2D eigenvalue weighted by atomic mass is 79.9. The summed E-state index contributed by atoms with van der Waals surface area (Å²) in [4.78, 5) is 15.7. The Hall–Kier alpha value is -1.14. The minimum Gasteiger partial charge on any atom is -0.384 e. The van der Waals surface area contributed by atoms with Crippen LogP contribution in [0, 0.1) is 5.92 Å². The van der Waals surface area contributed by atoms with Gasteiger partial charge in [0.25, 0.3) is 5.91 Å². The van der Waals surface area contributed by atoms with E-state index < -0.39 is 0 Å². The maximum Gasteiger partial charge on any atom is 0.252 e. The molecule has 0 aliphatic rings. The average Bonchev–Trinajstić information content (AvgIpc) is 2.31. The first kappa shape index (κ1) is 14.9. The Balaban J connectivity index is 2.39. The predicted octanol–water partition coefficient (Wildman–Crippen LogP) is 1.83. The van der Waals surface area contributed by atoms with E-state index in [2.05, 4.69) is 40.1 Å². The summed E-state index contributed by atoms with van der Waals surface area (Å²) in [6.07, 6.45) is 1.51. The normalized spacial score (nSPS) is 10.7. The van der Waals surface area contributed by atoms with E-state index in [4.69, 9.17) is 10.5 Å². The molecule has 0 aliphatic heterocycles. The van der Waals surface area contributed by atoms with Gasteiger partial charge in [0.1, 0.15) is 5.82 Å². The summed E-state index contributed by atoms with van der Waals surface area (Å²) < 4.78 is 5.99. The minimum atomic E-state index is -0.191. The van der Waals surface area contributed by atoms with Crippen LogP contribution in [0.4, 0.5) is 5.82 Å². The Bertz CT molecular complexity index is 410. The van der Waals surface area contributed by atoms with Gasteiger partial charge < -0.3 is 15.8 Å². The zero-order chi connectivity index (χ0) is 13.5. The number of anilines is 1. The molecule has 3 N–H and O–H groups in total. The summed E-state index contributed by atoms with van der Waals surface area (Å²) in [6.45, 7) is 5.83. The molecule has 1 aromatic heterocycles. The van der Waals surface area contributed by atoms with Crippen LogP contribution in [-0.2, 0) is 4.74 Å². The van der Waals surface area contributed by atoms with Crippen molar-refractivity contribution in [2.75, 3.05) is 25.5 Å². The Morgan fingerprint density at radius 3 is 3.00 bits per heavy atom. The van der Waals surface area contributed by atoms with Crippen LogP contribution in [0.15, 0.2) is 16.7 Å². The van der Waals surface area contributed by atoms with Crippen molar-refractivity contribution in [1.29, 1.82) is 0 Å². The largest absolute Gasteiger partial charge is 0.384 e. The number of hydrogen-bond acceptors (Lipinski definition) is 4. The van der Waals surface area contributed by atoms with Crippen LogP contribution in [-0.4, -0.2) is 30.6 Å². The van der Waals surface area contributed by atoms with Crippen molar-refractivity contribution in [1.82, 2.24) is 10.3 Å². The smallest absolute Gasteiger partial charge is 0.252 e. The van der Waals surface area contributed by atoms with Gasteiger partial charge in [-0.2, -0.15) is 0 Å². The van der Waals surface area contributed by atoms with Gasteiger partial charge in [-0.15, -0.1) is 0 Å². The van der Waals surface area contributed by atoms with Crippen LogP contribution in [0.25, 0.3) is 0 Å². The third-order valence-electron chi connectivity index (χ3n) is 2.10. The standard InChI is InChI=1S/C12H18BrN3O2/c1-8(2)7-18-4-3-15-12(17)9-5-11(14)16-6-10(9)13/h5-6,8H,3-4,7H2,1-2H3,(H2,14,16)(H,15,17). The maximum atomic E-state index is 11.8. The molecule has 0 unspecified atom stereocenters. The first-order valence-corrected chi connectivity index (χ1v) is 6.57. The van der Waals surface area contributed by atoms with Gasteiger partial charge in [0.15, 0.2) is 0 Å². The molecule has 0 aromatic carbocycles. The average molecular weight is 316 g/mol. The number of aromatic nitrogens is 1. The van der Waals surface area contributed by atoms with Gasteiger partial charge in [0.2, 0.25) is 0 Å². The van der Waals surface area contributed by atoms with Crippen molar-refractivity contribution in [3.8, 4) is 0 Å². The molecule has 0 atom stereocenters. The number of carbonyl (C=O) groups is 1. The second-order valence-electron chi connectivity index (χ2n) is 4.31. The minimum absolute atomic E-state index is 0.191. The lowest BCUT2D eigenvalue weighted by Crippen LogP contribution is -2.28. The van der Waals surface area contributed by atoms with E-state index in [-0.39, 0.29) is 5.91 Å². The van der Waals surface area contributed by atoms with E-state index in [9.17, 15) is 4.79 Å². The van der Waals surface area contributed by atoms with Crippen LogP contribution in [0.2, 0.25) is 0 Å². The predicted molar refractivity (Wildman–Crippen MR) is 74.3 cm³/mol. The fourth-order valence-electron chi connectivity index (χ4n) is 1.28. The molecule has 1 amide bonds. The molecule has 0 saturated carbocycles.